The lowest BCUT2D eigenvalue weighted by Gasteiger charge is -1.96. The summed E-state index contributed by atoms with van der Waals surface area (Å²) in [5.41, 5.74) is 0.664. The highest BCUT2D eigenvalue weighted by molar-refractivity contribution is 5.38. The molecule has 0 aromatic rings. The van der Waals surface area contributed by atoms with Gasteiger partial charge in [0.2, 0.25) is 0 Å². The van der Waals surface area contributed by atoms with Crippen molar-refractivity contribution < 1.29 is 5.11 Å². The third-order valence-corrected chi connectivity index (χ3v) is 1.13. The normalized spacial score (nSPS) is 18.9. The minimum absolute atomic E-state index is 0.664. The van der Waals surface area contributed by atoms with Gasteiger partial charge in [0.15, 0.2) is 6.10 Å². The summed E-state index contributed by atoms with van der Waals surface area (Å²) in [5.74, 6) is 0. The molecule has 0 amide bonds. The number of rotatable bonds is 1. The van der Waals surface area contributed by atoms with Gasteiger partial charge in [-0.1, -0.05) is 18.2 Å². The monoisotopic (exact) mass is 120 g/mol. The molecular formula is C7H6NO. The molecule has 0 aromatic heterocycles. The Labute approximate surface area is 53.7 Å². The van der Waals surface area contributed by atoms with Crippen LogP contribution in [0.2, 0.25) is 0 Å². The Morgan fingerprint density at radius 2 is 2.44 bits per heavy atom. The highest BCUT2D eigenvalue weighted by Gasteiger charge is 2.07. The van der Waals surface area contributed by atoms with Crippen LogP contribution < -0.4 is 0 Å². The van der Waals surface area contributed by atoms with Gasteiger partial charge in [-0.25, -0.2) is 0 Å². The zero-order valence-electron chi connectivity index (χ0n) is 4.78. The van der Waals surface area contributed by atoms with E-state index in [1.165, 1.54) is 0 Å². The van der Waals surface area contributed by atoms with E-state index >= 15 is 0 Å². The maximum absolute atomic E-state index is 8.86. The summed E-state index contributed by atoms with van der Waals surface area (Å²) in [6.07, 6.45) is 6.05. The number of hydrogen-bond acceptors (Lipinski definition) is 2. The molecule has 0 aliphatic heterocycles. The maximum atomic E-state index is 8.86. The van der Waals surface area contributed by atoms with E-state index in [-0.39, 0.29) is 0 Å². The molecule has 1 radical (unpaired) electrons. The molecule has 0 spiro atoms. The van der Waals surface area contributed by atoms with E-state index in [1.807, 2.05) is 0 Å². The minimum atomic E-state index is -0.958. The predicted octanol–water partition coefficient (Wildman–Crippen LogP) is 0.571. The molecule has 0 unspecified atom stereocenters. The Morgan fingerprint density at radius 3 is 2.89 bits per heavy atom. The van der Waals surface area contributed by atoms with Gasteiger partial charge in [-0.05, 0) is 5.57 Å². The SMILES string of the molecule is N#C[C@@H](O)C1=C[CH]C=C1. The smallest absolute Gasteiger partial charge is 0.165 e. The van der Waals surface area contributed by atoms with E-state index in [2.05, 4.69) is 0 Å². The van der Waals surface area contributed by atoms with Crippen LogP contribution in [0.5, 0.6) is 0 Å². The van der Waals surface area contributed by atoms with Gasteiger partial charge in [0, 0.05) is 6.42 Å². The summed E-state index contributed by atoms with van der Waals surface area (Å²) < 4.78 is 0. The first-order valence-electron chi connectivity index (χ1n) is 2.64. The van der Waals surface area contributed by atoms with Gasteiger partial charge in [-0.2, -0.15) is 5.26 Å². The van der Waals surface area contributed by atoms with Gasteiger partial charge in [0.1, 0.15) is 0 Å². The second-order valence-corrected chi connectivity index (χ2v) is 1.75. The van der Waals surface area contributed by atoms with E-state index in [1.54, 1.807) is 30.7 Å². The molecule has 1 aliphatic rings. The number of allylic oxidation sites excluding steroid dienone is 2. The highest BCUT2D eigenvalue weighted by Crippen LogP contribution is 2.10. The standard InChI is InChI=1S/C7H6NO/c8-5-7(9)6-3-1-2-4-6/h1-4,7,9H/t7-/m1/s1. The van der Waals surface area contributed by atoms with Gasteiger partial charge in [-0.3, -0.25) is 0 Å². The van der Waals surface area contributed by atoms with E-state index in [9.17, 15) is 0 Å². The molecule has 1 N–H and O–H groups in total. The van der Waals surface area contributed by atoms with Crippen LogP contribution in [0.1, 0.15) is 0 Å². The lowest BCUT2D eigenvalue weighted by molar-refractivity contribution is 0.270. The molecule has 1 atom stereocenters. The van der Waals surface area contributed by atoms with Crippen LogP contribution in [0.15, 0.2) is 23.8 Å². The summed E-state index contributed by atoms with van der Waals surface area (Å²) >= 11 is 0. The third kappa shape index (κ3) is 1.18. The molecule has 1 aliphatic carbocycles. The van der Waals surface area contributed by atoms with Crippen molar-refractivity contribution in [1.29, 1.82) is 5.26 Å². The molecule has 0 aromatic carbocycles. The average Bonchev–Trinajstić information content (AvgIpc) is 2.37. The van der Waals surface area contributed by atoms with Gasteiger partial charge >= 0.3 is 0 Å². The third-order valence-electron chi connectivity index (χ3n) is 1.13. The molecule has 0 fully saturated rings. The summed E-state index contributed by atoms with van der Waals surface area (Å²) in [6.45, 7) is 0. The van der Waals surface area contributed by atoms with Crippen LogP contribution in [0.3, 0.4) is 0 Å². The van der Waals surface area contributed by atoms with Crippen LogP contribution >= 0.6 is 0 Å². The predicted molar refractivity (Wildman–Crippen MR) is 33.1 cm³/mol. The molecular weight excluding hydrogens is 114 g/mol. The minimum Gasteiger partial charge on any atom is -0.374 e. The van der Waals surface area contributed by atoms with E-state index in [4.69, 9.17) is 10.4 Å². The van der Waals surface area contributed by atoms with Crippen LogP contribution in [-0.4, -0.2) is 11.2 Å². The van der Waals surface area contributed by atoms with Crippen molar-refractivity contribution in [1.82, 2.24) is 0 Å². The second kappa shape index (κ2) is 2.47. The van der Waals surface area contributed by atoms with Gasteiger partial charge in [-0.15, -0.1) is 0 Å². The Morgan fingerprint density at radius 1 is 1.67 bits per heavy atom. The number of hydrogen-bond donors (Lipinski definition) is 1. The fourth-order valence-corrected chi connectivity index (χ4v) is 0.646. The molecule has 0 saturated heterocycles. The van der Waals surface area contributed by atoms with Crippen molar-refractivity contribution in [2.24, 2.45) is 0 Å². The number of aliphatic hydroxyl groups is 1. The van der Waals surface area contributed by atoms with Crippen LogP contribution in [-0.2, 0) is 0 Å². The fourth-order valence-electron chi connectivity index (χ4n) is 0.646. The molecule has 9 heavy (non-hydrogen) atoms. The molecule has 2 nitrogen and oxygen atoms in total. The van der Waals surface area contributed by atoms with E-state index in [0.717, 1.165) is 0 Å². The van der Waals surface area contributed by atoms with Crippen molar-refractivity contribution in [2.45, 2.75) is 6.10 Å². The topological polar surface area (TPSA) is 44.0 Å². The van der Waals surface area contributed by atoms with E-state index < -0.39 is 6.10 Å². The van der Waals surface area contributed by atoms with Gasteiger partial charge < -0.3 is 5.11 Å². The molecule has 2 heteroatoms. The second-order valence-electron chi connectivity index (χ2n) is 1.75. The molecule has 45 valence electrons. The van der Waals surface area contributed by atoms with Crippen molar-refractivity contribution in [3.8, 4) is 6.07 Å². The van der Waals surface area contributed by atoms with Crippen LogP contribution in [0.4, 0.5) is 0 Å². The average molecular weight is 120 g/mol. The zero-order valence-corrected chi connectivity index (χ0v) is 4.78. The Balaban J connectivity index is 2.64. The first kappa shape index (κ1) is 6.06. The number of nitriles is 1. The van der Waals surface area contributed by atoms with Crippen molar-refractivity contribution in [2.75, 3.05) is 0 Å². The Kier molecular flexibility index (Phi) is 1.66. The van der Waals surface area contributed by atoms with Gasteiger partial charge in [0.05, 0.1) is 6.07 Å². The van der Waals surface area contributed by atoms with Crippen LogP contribution in [0.25, 0.3) is 0 Å². The van der Waals surface area contributed by atoms with Crippen molar-refractivity contribution >= 4 is 0 Å². The number of nitrogens with zero attached hydrogens (tertiary/aromatic N) is 1. The molecule has 0 bridgehead atoms. The lowest BCUT2D eigenvalue weighted by Crippen LogP contribution is -2.02. The zero-order chi connectivity index (χ0) is 6.69. The molecule has 0 heterocycles. The lowest BCUT2D eigenvalue weighted by atomic mass is 10.2. The summed E-state index contributed by atoms with van der Waals surface area (Å²) in [4.78, 5) is 0. The van der Waals surface area contributed by atoms with Crippen LogP contribution in [0, 0.1) is 17.8 Å². The van der Waals surface area contributed by atoms with Crippen molar-refractivity contribution in [3.05, 3.63) is 30.2 Å². The number of aliphatic hydroxyl groups excluding tert-OH is 1. The fraction of sp³-hybridized carbons (Fsp3) is 0.143. The highest BCUT2D eigenvalue weighted by atomic mass is 16.3. The summed E-state index contributed by atoms with van der Waals surface area (Å²) in [7, 11) is 0. The van der Waals surface area contributed by atoms with E-state index in [0.29, 0.717) is 5.57 Å². The summed E-state index contributed by atoms with van der Waals surface area (Å²) in [5, 5.41) is 17.1. The Bertz CT molecular complexity index is 197. The quantitative estimate of drug-likeness (QED) is 0.514. The van der Waals surface area contributed by atoms with Gasteiger partial charge in [0.25, 0.3) is 0 Å². The maximum Gasteiger partial charge on any atom is 0.165 e. The first-order chi connectivity index (χ1) is 4.34. The molecule has 0 saturated carbocycles. The first-order valence-corrected chi connectivity index (χ1v) is 2.64. The Hall–Kier alpha value is -1.07. The largest absolute Gasteiger partial charge is 0.374 e. The molecule has 1 rings (SSSR count). The van der Waals surface area contributed by atoms with Crippen molar-refractivity contribution in [3.63, 3.8) is 0 Å². The summed E-state index contributed by atoms with van der Waals surface area (Å²) in [6, 6.07) is 1.72.